The van der Waals surface area contributed by atoms with Crippen LogP contribution in [0.1, 0.15) is 43.0 Å². The van der Waals surface area contributed by atoms with E-state index in [1.807, 2.05) is 11.5 Å². The van der Waals surface area contributed by atoms with Crippen molar-refractivity contribution in [3.63, 3.8) is 0 Å². The second-order valence-corrected chi connectivity index (χ2v) is 4.23. The van der Waals surface area contributed by atoms with Crippen molar-refractivity contribution < 1.29 is 14.3 Å². The molecule has 0 aliphatic heterocycles. The second-order valence-electron chi connectivity index (χ2n) is 4.23. The molecule has 2 N–H and O–H groups in total. The number of nitrogen functional groups attached to an aromatic ring is 1. The number of imidazole rings is 1. The predicted molar refractivity (Wildman–Crippen MR) is 73.1 cm³/mol. The van der Waals surface area contributed by atoms with Crippen LogP contribution in [0.25, 0.3) is 0 Å². The number of nitrogens with zero attached hydrogens (tertiary/aromatic N) is 2. The van der Waals surface area contributed by atoms with Crippen LogP contribution in [0.3, 0.4) is 0 Å². The van der Waals surface area contributed by atoms with E-state index in [-0.39, 0.29) is 5.69 Å². The average Bonchev–Trinajstić information content (AvgIpc) is 2.66. The summed E-state index contributed by atoms with van der Waals surface area (Å²) in [5.41, 5.74) is 6.14. The average molecular weight is 269 g/mol. The molecule has 1 rings (SSSR count). The number of hydrogen-bond donors (Lipinski definition) is 1. The summed E-state index contributed by atoms with van der Waals surface area (Å²) in [6.45, 7) is 8.10. The van der Waals surface area contributed by atoms with Gasteiger partial charge in [-0.15, -0.1) is 0 Å². The van der Waals surface area contributed by atoms with Gasteiger partial charge in [0.15, 0.2) is 5.69 Å². The summed E-state index contributed by atoms with van der Waals surface area (Å²) in [5, 5.41) is 0. The number of anilines is 1. The maximum atomic E-state index is 11.6. The summed E-state index contributed by atoms with van der Waals surface area (Å²) in [5.74, 6) is 0.617. The molecule has 1 aromatic rings. The maximum Gasteiger partial charge on any atom is 0.360 e. The standard InChI is InChI=1S/C13H23N3O3/c1-4-8-18-9-6-7-16-10(3)15-11(12(16)14)13(17)19-5-2/h4-9,14H2,1-3H3. The van der Waals surface area contributed by atoms with E-state index in [0.29, 0.717) is 25.6 Å². The summed E-state index contributed by atoms with van der Waals surface area (Å²) in [6, 6.07) is 0. The quantitative estimate of drug-likeness (QED) is 0.574. The lowest BCUT2D eigenvalue weighted by molar-refractivity contribution is 0.0521. The highest BCUT2D eigenvalue weighted by Crippen LogP contribution is 2.15. The highest BCUT2D eigenvalue weighted by Gasteiger charge is 2.19. The van der Waals surface area contributed by atoms with E-state index in [9.17, 15) is 4.79 Å². The van der Waals surface area contributed by atoms with Gasteiger partial charge in [-0.1, -0.05) is 6.92 Å². The fourth-order valence-corrected chi connectivity index (χ4v) is 1.78. The fourth-order valence-electron chi connectivity index (χ4n) is 1.78. The Morgan fingerprint density at radius 1 is 1.37 bits per heavy atom. The summed E-state index contributed by atoms with van der Waals surface area (Å²) in [7, 11) is 0. The first kappa shape index (κ1) is 15.5. The topological polar surface area (TPSA) is 79.4 Å². The van der Waals surface area contributed by atoms with Crippen molar-refractivity contribution in [2.75, 3.05) is 25.6 Å². The third-order valence-corrected chi connectivity index (χ3v) is 2.69. The van der Waals surface area contributed by atoms with Crippen LogP contribution in [-0.4, -0.2) is 35.3 Å². The molecule has 19 heavy (non-hydrogen) atoms. The third kappa shape index (κ3) is 4.24. The number of esters is 1. The number of aryl methyl sites for hydroxylation is 1. The third-order valence-electron chi connectivity index (χ3n) is 2.69. The summed E-state index contributed by atoms with van der Waals surface area (Å²) < 4.78 is 12.1. The molecular weight excluding hydrogens is 246 g/mol. The minimum atomic E-state index is -0.468. The molecule has 0 radical (unpaired) electrons. The second kappa shape index (κ2) is 7.78. The zero-order valence-corrected chi connectivity index (χ0v) is 11.9. The Morgan fingerprint density at radius 3 is 2.74 bits per heavy atom. The Bertz CT molecular complexity index is 416. The minimum Gasteiger partial charge on any atom is -0.461 e. The SMILES string of the molecule is CCCOCCCn1c(C)nc(C(=O)OCC)c1N. The van der Waals surface area contributed by atoms with Gasteiger partial charge in [0.05, 0.1) is 6.61 Å². The summed E-state index contributed by atoms with van der Waals surface area (Å²) in [6.07, 6.45) is 1.85. The van der Waals surface area contributed by atoms with Crippen LogP contribution in [0.15, 0.2) is 0 Å². The van der Waals surface area contributed by atoms with Crippen molar-refractivity contribution in [1.29, 1.82) is 0 Å². The number of carbonyl (C=O) groups excluding carboxylic acids is 1. The summed E-state index contributed by atoms with van der Waals surface area (Å²) in [4.78, 5) is 15.8. The zero-order valence-electron chi connectivity index (χ0n) is 11.9. The molecule has 0 bridgehead atoms. The number of aromatic nitrogens is 2. The molecule has 108 valence electrons. The molecule has 0 fully saturated rings. The van der Waals surface area contributed by atoms with E-state index in [2.05, 4.69) is 11.9 Å². The van der Waals surface area contributed by atoms with Gasteiger partial charge in [-0.25, -0.2) is 9.78 Å². The van der Waals surface area contributed by atoms with E-state index >= 15 is 0 Å². The molecule has 0 aliphatic carbocycles. The molecule has 0 aliphatic rings. The van der Waals surface area contributed by atoms with Gasteiger partial charge in [0.1, 0.15) is 11.6 Å². The number of hydrogen-bond acceptors (Lipinski definition) is 5. The highest BCUT2D eigenvalue weighted by atomic mass is 16.5. The Morgan fingerprint density at radius 2 is 2.11 bits per heavy atom. The molecule has 0 spiro atoms. The zero-order chi connectivity index (χ0) is 14.3. The molecule has 6 heteroatoms. The molecule has 1 aromatic heterocycles. The first-order valence-electron chi connectivity index (χ1n) is 6.69. The van der Waals surface area contributed by atoms with Crippen molar-refractivity contribution in [3.05, 3.63) is 11.5 Å². The fraction of sp³-hybridized carbons (Fsp3) is 0.692. The predicted octanol–water partition coefficient (Wildman–Crippen LogP) is 1.77. The molecule has 0 amide bonds. The molecule has 0 saturated heterocycles. The van der Waals surface area contributed by atoms with E-state index in [1.165, 1.54) is 0 Å². The largest absolute Gasteiger partial charge is 0.461 e. The van der Waals surface area contributed by atoms with Crippen LogP contribution in [0.5, 0.6) is 0 Å². The van der Waals surface area contributed by atoms with Gasteiger partial charge in [-0.3, -0.25) is 0 Å². The lowest BCUT2D eigenvalue weighted by atomic mass is 10.4. The van der Waals surface area contributed by atoms with Crippen molar-refractivity contribution in [2.24, 2.45) is 0 Å². The summed E-state index contributed by atoms with van der Waals surface area (Å²) >= 11 is 0. The Labute approximate surface area is 113 Å². The van der Waals surface area contributed by atoms with E-state index < -0.39 is 5.97 Å². The van der Waals surface area contributed by atoms with Gasteiger partial charge in [0.25, 0.3) is 0 Å². The van der Waals surface area contributed by atoms with E-state index in [1.54, 1.807) is 6.92 Å². The molecule has 0 saturated carbocycles. The number of ether oxygens (including phenoxy) is 2. The van der Waals surface area contributed by atoms with Gasteiger partial charge in [-0.2, -0.15) is 0 Å². The van der Waals surface area contributed by atoms with E-state index in [4.69, 9.17) is 15.2 Å². The minimum absolute atomic E-state index is 0.203. The number of carbonyl (C=O) groups is 1. The monoisotopic (exact) mass is 269 g/mol. The maximum absolute atomic E-state index is 11.6. The van der Waals surface area contributed by atoms with Gasteiger partial charge in [0, 0.05) is 19.8 Å². The Balaban J connectivity index is 2.61. The van der Waals surface area contributed by atoms with E-state index in [0.717, 1.165) is 25.3 Å². The first-order chi connectivity index (χ1) is 9.11. The normalized spacial score (nSPS) is 10.7. The van der Waals surface area contributed by atoms with Gasteiger partial charge in [0.2, 0.25) is 0 Å². The van der Waals surface area contributed by atoms with Crippen LogP contribution in [-0.2, 0) is 16.0 Å². The van der Waals surface area contributed by atoms with Crippen molar-refractivity contribution >= 4 is 11.8 Å². The van der Waals surface area contributed by atoms with Crippen LogP contribution in [0, 0.1) is 6.92 Å². The molecule has 6 nitrogen and oxygen atoms in total. The molecule has 0 unspecified atom stereocenters. The molecular formula is C13H23N3O3. The van der Waals surface area contributed by atoms with Crippen molar-refractivity contribution in [3.8, 4) is 0 Å². The molecule has 0 aromatic carbocycles. The van der Waals surface area contributed by atoms with Gasteiger partial charge < -0.3 is 19.8 Å². The highest BCUT2D eigenvalue weighted by molar-refractivity contribution is 5.92. The van der Waals surface area contributed by atoms with Gasteiger partial charge in [-0.05, 0) is 26.7 Å². The van der Waals surface area contributed by atoms with Crippen molar-refractivity contribution in [1.82, 2.24) is 9.55 Å². The van der Waals surface area contributed by atoms with Crippen LogP contribution < -0.4 is 5.73 Å². The lowest BCUT2D eigenvalue weighted by Crippen LogP contribution is -2.11. The van der Waals surface area contributed by atoms with Crippen LogP contribution in [0.2, 0.25) is 0 Å². The van der Waals surface area contributed by atoms with Crippen molar-refractivity contribution in [2.45, 2.75) is 40.2 Å². The van der Waals surface area contributed by atoms with Crippen LogP contribution in [0.4, 0.5) is 5.82 Å². The van der Waals surface area contributed by atoms with Crippen LogP contribution >= 0.6 is 0 Å². The lowest BCUT2D eigenvalue weighted by Gasteiger charge is -2.08. The first-order valence-corrected chi connectivity index (χ1v) is 6.69. The Hall–Kier alpha value is -1.56. The Kier molecular flexibility index (Phi) is 6.35. The molecule has 0 atom stereocenters. The number of nitrogens with two attached hydrogens (primary N) is 1. The number of rotatable bonds is 8. The molecule has 1 heterocycles. The smallest absolute Gasteiger partial charge is 0.360 e. The van der Waals surface area contributed by atoms with Gasteiger partial charge >= 0.3 is 5.97 Å².